The van der Waals surface area contributed by atoms with Gasteiger partial charge >= 0.3 is 0 Å². The minimum Gasteiger partial charge on any atom is -0.497 e. The average Bonchev–Trinajstić information content (AvgIpc) is 3.31. The largest absolute Gasteiger partial charge is 0.497 e. The SMILES string of the molecule is CN=C(NCCCc1cnn(C)c1)N1CCC(c2ccc(OC)cc2)C1. The monoisotopic (exact) mass is 355 g/mol. The van der Waals surface area contributed by atoms with Gasteiger partial charge in [-0.2, -0.15) is 5.10 Å². The van der Waals surface area contributed by atoms with E-state index in [4.69, 9.17) is 4.74 Å². The minimum atomic E-state index is 0.551. The molecule has 1 saturated heterocycles. The Morgan fingerprint density at radius 1 is 1.35 bits per heavy atom. The van der Waals surface area contributed by atoms with Crippen LogP contribution >= 0.6 is 0 Å². The lowest BCUT2D eigenvalue weighted by molar-refractivity contribution is 0.414. The Morgan fingerprint density at radius 3 is 2.81 bits per heavy atom. The molecule has 0 saturated carbocycles. The van der Waals surface area contributed by atoms with Crippen molar-refractivity contribution < 1.29 is 4.74 Å². The van der Waals surface area contributed by atoms with Gasteiger partial charge in [-0.05, 0) is 42.5 Å². The highest BCUT2D eigenvalue weighted by Gasteiger charge is 2.25. The maximum absolute atomic E-state index is 5.25. The topological polar surface area (TPSA) is 54.7 Å². The summed E-state index contributed by atoms with van der Waals surface area (Å²) in [6.45, 7) is 2.97. The van der Waals surface area contributed by atoms with Gasteiger partial charge in [-0.25, -0.2) is 0 Å². The number of rotatable bonds is 6. The zero-order chi connectivity index (χ0) is 18.4. The summed E-state index contributed by atoms with van der Waals surface area (Å²) >= 11 is 0. The van der Waals surface area contributed by atoms with Crippen LogP contribution in [0.2, 0.25) is 0 Å². The zero-order valence-electron chi connectivity index (χ0n) is 16.0. The number of nitrogens with zero attached hydrogens (tertiary/aromatic N) is 4. The molecule has 1 atom stereocenters. The molecule has 0 radical (unpaired) electrons. The highest BCUT2D eigenvalue weighted by molar-refractivity contribution is 5.80. The first-order valence-electron chi connectivity index (χ1n) is 9.26. The number of hydrogen-bond acceptors (Lipinski definition) is 3. The Morgan fingerprint density at radius 2 is 2.15 bits per heavy atom. The van der Waals surface area contributed by atoms with Crippen LogP contribution in [0.15, 0.2) is 41.7 Å². The smallest absolute Gasteiger partial charge is 0.193 e. The third kappa shape index (κ3) is 4.56. The third-order valence-corrected chi connectivity index (χ3v) is 4.97. The van der Waals surface area contributed by atoms with Crippen molar-refractivity contribution in [2.45, 2.75) is 25.2 Å². The molecule has 1 unspecified atom stereocenters. The van der Waals surface area contributed by atoms with Gasteiger partial charge in [-0.15, -0.1) is 0 Å². The molecule has 1 aromatic heterocycles. The normalized spacial score (nSPS) is 17.6. The molecule has 1 aromatic carbocycles. The fraction of sp³-hybridized carbons (Fsp3) is 0.500. The molecular weight excluding hydrogens is 326 g/mol. The lowest BCUT2D eigenvalue weighted by Crippen LogP contribution is -2.40. The van der Waals surface area contributed by atoms with Gasteiger partial charge < -0.3 is 15.0 Å². The van der Waals surface area contributed by atoms with Crippen LogP contribution in [0.1, 0.15) is 29.9 Å². The van der Waals surface area contributed by atoms with E-state index in [0.29, 0.717) is 5.92 Å². The summed E-state index contributed by atoms with van der Waals surface area (Å²) in [5.41, 5.74) is 2.66. The number of benzene rings is 1. The Bertz CT molecular complexity index is 722. The summed E-state index contributed by atoms with van der Waals surface area (Å²) < 4.78 is 7.10. The Labute approximate surface area is 155 Å². The molecule has 0 spiro atoms. The van der Waals surface area contributed by atoms with Gasteiger partial charge in [-0.3, -0.25) is 9.67 Å². The van der Waals surface area contributed by atoms with Crippen molar-refractivity contribution in [3.05, 3.63) is 47.8 Å². The second kappa shape index (κ2) is 8.74. The van der Waals surface area contributed by atoms with Crippen molar-refractivity contribution >= 4 is 5.96 Å². The fourth-order valence-electron chi connectivity index (χ4n) is 3.53. The van der Waals surface area contributed by atoms with E-state index in [9.17, 15) is 0 Å². The molecular formula is C20H29N5O. The number of ether oxygens (including phenoxy) is 1. The van der Waals surface area contributed by atoms with Crippen molar-refractivity contribution in [1.82, 2.24) is 20.0 Å². The maximum atomic E-state index is 5.25. The van der Waals surface area contributed by atoms with E-state index in [0.717, 1.165) is 50.6 Å². The van der Waals surface area contributed by atoms with Crippen LogP contribution in [0.3, 0.4) is 0 Å². The number of hydrogen-bond donors (Lipinski definition) is 1. The predicted octanol–water partition coefficient (Wildman–Crippen LogP) is 2.43. The fourth-order valence-corrected chi connectivity index (χ4v) is 3.53. The van der Waals surface area contributed by atoms with Gasteiger partial charge in [-0.1, -0.05) is 12.1 Å². The Hall–Kier alpha value is -2.50. The summed E-state index contributed by atoms with van der Waals surface area (Å²) in [4.78, 5) is 6.83. The van der Waals surface area contributed by atoms with Gasteiger partial charge in [0.25, 0.3) is 0 Å². The van der Waals surface area contributed by atoms with Crippen molar-refractivity contribution in [2.75, 3.05) is 33.8 Å². The van der Waals surface area contributed by atoms with E-state index in [2.05, 4.69) is 38.6 Å². The second-order valence-electron chi connectivity index (χ2n) is 6.80. The first-order valence-corrected chi connectivity index (χ1v) is 9.26. The predicted molar refractivity (Wildman–Crippen MR) is 105 cm³/mol. The van der Waals surface area contributed by atoms with Crippen LogP contribution in [-0.2, 0) is 13.5 Å². The van der Waals surface area contributed by atoms with E-state index < -0.39 is 0 Å². The maximum Gasteiger partial charge on any atom is 0.193 e. The zero-order valence-corrected chi connectivity index (χ0v) is 16.0. The van der Waals surface area contributed by atoms with Gasteiger partial charge in [0.2, 0.25) is 0 Å². The molecule has 26 heavy (non-hydrogen) atoms. The van der Waals surface area contributed by atoms with E-state index in [-0.39, 0.29) is 0 Å². The van der Waals surface area contributed by atoms with Gasteiger partial charge in [0.05, 0.1) is 13.3 Å². The summed E-state index contributed by atoms with van der Waals surface area (Å²) in [6, 6.07) is 8.45. The number of aliphatic imine (C=N–C) groups is 1. The molecule has 6 heteroatoms. The number of nitrogens with one attached hydrogen (secondary N) is 1. The molecule has 3 rings (SSSR count). The molecule has 6 nitrogen and oxygen atoms in total. The Balaban J connectivity index is 1.46. The van der Waals surface area contributed by atoms with Crippen molar-refractivity contribution in [3.63, 3.8) is 0 Å². The summed E-state index contributed by atoms with van der Waals surface area (Å²) in [5.74, 6) is 2.47. The first-order chi connectivity index (χ1) is 12.7. The molecule has 1 aliphatic heterocycles. The molecule has 1 N–H and O–H groups in total. The van der Waals surface area contributed by atoms with Crippen molar-refractivity contribution in [3.8, 4) is 5.75 Å². The summed E-state index contributed by atoms with van der Waals surface area (Å²) in [5, 5.41) is 7.72. The number of guanidine groups is 1. The minimum absolute atomic E-state index is 0.551. The van der Waals surface area contributed by atoms with Crippen LogP contribution in [0.4, 0.5) is 0 Å². The highest BCUT2D eigenvalue weighted by Crippen LogP contribution is 2.28. The highest BCUT2D eigenvalue weighted by atomic mass is 16.5. The van der Waals surface area contributed by atoms with Crippen LogP contribution in [0.5, 0.6) is 5.75 Å². The van der Waals surface area contributed by atoms with E-state index >= 15 is 0 Å². The summed E-state index contributed by atoms with van der Waals surface area (Å²) in [7, 11) is 5.52. The van der Waals surface area contributed by atoms with Gasteiger partial charge in [0.15, 0.2) is 5.96 Å². The molecule has 0 amide bonds. The molecule has 1 aliphatic rings. The van der Waals surface area contributed by atoms with E-state index in [1.54, 1.807) is 7.11 Å². The number of aromatic nitrogens is 2. The number of likely N-dealkylation sites (tertiary alicyclic amines) is 1. The van der Waals surface area contributed by atoms with Crippen LogP contribution < -0.4 is 10.1 Å². The van der Waals surface area contributed by atoms with Gasteiger partial charge in [0.1, 0.15) is 5.75 Å². The van der Waals surface area contributed by atoms with Crippen molar-refractivity contribution in [1.29, 1.82) is 0 Å². The van der Waals surface area contributed by atoms with Crippen LogP contribution in [-0.4, -0.2) is 54.4 Å². The average molecular weight is 355 g/mol. The second-order valence-corrected chi connectivity index (χ2v) is 6.80. The van der Waals surface area contributed by atoms with E-state index in [1.165, 1.54) is 11.1 Å². The Kier molecular flexibility index (Phi) is 6.15. The molecule has 1 fully saturated rings. The molecule has 2 aromatic rings. The first kappa shape index (κ1) is 18.3. The molecule has 0 aliphatic carbocycles. The molecule has 2 heterocycles. The standard InChI is InChI=1S/C20H29N5O/c1-21-20(22-11-4-5-16-13-23-24(2)14-16)25-12-10-18(15-25)17-6-8-19(26-3)9-7-17/h6-9,13-14,18H,4-5,10-12,15H2,1-3H3,(H,21,22). The van der Waals surface area contributed by atoms with Crippen LogP contribution in [0, 0.1) is 0 Å². The molecule has 140 valence electrons. The quantitative estimate of drug-likeness (QED) is 0.491. The lowest BCUT2D eigenvalue weighted by Gasteiger charge is -2.22. The van der Waals surface area contributed by atoms with Gasteiger partial charge in [0, 0.05) is 45.8 Å². The number of methoxy groups -OCH3 is 1. The van der Waals surface area contributed by atoms with Crippen LogP contribution in [0.25, 0.3) is 0 Å². The molecule has 0 bridgehead atoms. The van der Waals surface area contributed by atoms with E-state index in [1.807, 2.05) is 37.1 Å². The number of aryl methyl sites for hydroxylation is 2. The third-order valence-electron chi connectivity index (χ3n) is 4.97. The van der Waals surface area contributed by atoms with Crippen molar-refractivity contribution in [2.24, 2.45) is 12.0 Å². The lowest BCUT2D eigenvalue weighted by atomic mass is 9.98. The summed E-state index contributed by atoms with van der Waals surface area (Å²) in [6.07, 6.45) is 7.28.